The molecule has 0 saturated heterocycles. The summed E-state index contributed by atoms with van der Waals surface area (Å²) >= 11 is 2.90. The van der Waals surface area contributed by atoms with Crippen molar-refractivity contribution < 1.29 is 22.7 Å². The zero-order valence-electron chi connectivity index (χ0n) is 20.0. The summed E-state index contributed by atoms with van der Waals surface area (Å²) < 4.78 is 46.1. The molecule has 2 heterocycles. The van der Waals surface area contributed by atoms with E-state index in [2.05, 4.69) is 17.4 Å². The van der Waals surface area contributed by atoms with Crippen molar-refractivity contribution in [1.82, 2.24) is 4.57 Å². The molecule has 4 unspecified atom stereocenters. The highest BCUT2D eigenvalue weighted by Gasteiger charge is 2.55. The van der Waals surface area contributed by atoms with Gasteiger partial charge in [0, 0.05) is 21.7 Å². The maximum atomic E-state index is 13.2. The number of halogens is 3. The molecular formula is C27H25F3N2O3S2. The van der Waals surface area contributed by atoms with E-state index in [1.165, 1.54) is 47.3 Å². The molecule has 194 valence electrons. The van der Waals surface area contributed by atoms with Crippen molar-refractivity contribution in [1.29, 1.82) is 0 Å². The van der Waals surface area contributed by atoms with E-state index in [9.17, 15) is 22.8 Å². The molecule has 10 heteroatoms. The second kappa shape index (κ2) is 9.23. The van der Waals surface area contributed by atoms with Crippen LogP contribution < -0.4 is 14.9 Å². The van der Waals surface area contributed by atoms with Gasteiger partial charge in [0.2, 0.25) is 5.91 Å². The smallest absolute Gasteiger partial charge is 0.416 e. The minimum Gasteiger partial charge on any atom is -0.497 e. The molecule has 2 fully saturated rings. The van der Waals surface area contributed by atoms with E-state index >= 15 is 0 Å². The van der Waals surface area contributed by atoms with Crippen molar-refractivity contribution in [2.24, 2.45) is 17.8 Å². The van der Waals surface area contributed by atoms with Crippen LogP contribution in [0.3, 0.4) is 0 Å². The Morgan fingerprint density at radius 2 is 1.89 bits per heavy atom. The molecule has 1 N–H and O–H groups in total. The third-order valence-electron chi connectivity index (χ3n) is 7.94. The summed E-state index contributed by atoms with van der Waals surface area (Å²) in [6.07, 6.45) is -0.907. The first kappa shape index (κ1) is 24.6. The number of thioether (sulfide) groups is 1. The largest absolute Gasteiger partial charge is 0.497 e. The van der Waals surface area contributed by atoms with E-state index in [-0.39, 0.29) is 23.0 Å². The van der Waals surface area contributed by atoms with Gasteiger partial charge in [0.25, 0.3) is 0 Å². The maximum Gasteiger partial charge on any atom is 0.416 e. The van der Waals surface area contributed by atoms with Crippen molar-refractivity contribution in [3.63, 3.8) is 0 Å². The Labute approximate surface area is 220 Å². The van der Waals surface area contributed by atoms with Gasteiger partial charge in [-0.25, -0.2) is 0 Å². The number of benzene rings is 2. The van der Waals surface area contributed by atoms with Gasteiger partial charge in [0.15, 0.2) is 0 Å². The summed E-state index contributed by atoms with van der Waals surface area (Å²) in [6.45, 7) is -0.241. The Morgan fingerprint density at radius 1 is 1.14 bits per heavy atom. The number of carbonyl (C=O) groups excluding carboxylic acids is 1. The fraction of sp³-hybridized carbons (Fsp3) is 0.407. The molecule has 1 amide bonds. The first-order chi connectivity index (χ1) is 17.7. The lowest BCUT2D eigenvalue weighted by molar-refractivity contribution is -0.137. The van der Waals surface area contributed by atoms with E-state index in [0.29, 0.717) is 23.0 Å². The van der Waals surface area contributed by atoms with Crippen LogP contribution in [0, 0.1) is 17.8 Å². The van der Waals surface area contributed by atoms with Gasteiger partial charge in [0.1, 0.15) is 12.3 Å². The quantitative estimate of drug-likeness (QED) is 0.412. The number of anilines is 1. The molecule has 5 atom stereocenters. The Balaban J connectivity index is 1.32. The number of nitrogens with zero attached hydrogens (tertiary/aromatic N) is 1. The van der Waals surface area contributed by atoms with Crippen LogP contribution in [0.5, 0.6) is 5.75 Å². The highest BCUT2D eigenvalue weighted by molar-refractivity contribution is 8.00. The molecule has 5 nitrogen and oxygen atoms in total. The molecule has 0 radical (unpaired) electrons. The van der Waals surface area contributed by atoms with Gasteiger partial charge in [-0.15, -0.1) is 11.8 Å². The van der Waals surface area contributed by atoms with Gasteiger partial charge in [-0.1, -0.05) is 29.5 Å². The summed E-state index contributed by atoms with van der Waals surface area (Å²) in [6, 6.07) is 12.6. The fourth-order valence-corrected chi connectivity index (χ4v) is 9.54. The molecule has 37 heavy (non-hydrogen) atoms. The number of fused-ring (bicyclic) bond motifs is 6. The lowest BCUT2D eigenvalue weighted by Gasteiger charge is -2.40. The highest BCUT2D eigenvalue weighted by atomic mass is 32.2. The number of rotatable bonds is 5. The average Bonchev–Trinajstić information content (AvgIpc) is 3.57. The van der Waals surface area contributed by atoms with E-state index in [4.69, 9.17) is 4.74 Å². The fourth-order valence-electron chi connectivity index (χ4n) is 6.39. The molecule has 0 spiro atoms. The number of ether oxygens (including phenoxy) is 1. The van der Waals surface area contributed by atoms with Crippen LogP contribution in [-0.2, 0) is 17.5 Å². The normalized spacial score (nSPS) is 26.0. The van der Waals surface area contributed by atoms with E-state index < -0.39 is 17.6 Å². The lowest BCUT2D eigenvalue weighted by Crippen LogP contribution is -2.34. The maximum absolute atomic E-state index is 13.2. The zero-order chi connectivity index (χ0) is 25.9. The molecular weight excluding hydrogens is 521 g/mol. The second-order valence-corrected chi connectivity index (χ2v) is 12.2. The predicted molar refractivity (Wildman–Crippen MR) is 137 cm³/mol. The van der Waals surface area contributed by atoms with E-state index in [1.54, 1.807) is 18.9 Å². The molecule has 6 rings (SSSR count). The van der Waals surface area contributed by atoms with Gasteiger partial charge < -0.3 is 10.1 Å². The second-order valence-electron chi connectivity index (χ2n) is 9.99. The van der Waals surface area contributed by atoms with Crippen molar-refractivity contribution in [3.8, 4) is 5.75 Å². The topological polar surface area (TPSA) is 60.3 Å². The number of alkyl halides is 3. The SMILES string of the molecule is COc1ccc([C@H]2c3sc(=O)n(CC(=O)Nc4cccc(C(F)(F)F)c4)c3SC3C4CCC(C4)C32)cc1. The predicted octanol–water partition coefficient (Wildman–Crippen LogP) is 6.23. The van der Waals surface area contributed by atoms with Gasteiger partial charge in [0.05, 0.1) is 17.7 Å². The average molecular weight is 547 g/mol. The Morgan fingerprint density at radius 3 is 2.62 bits per heavy atom. The number of amides is 1. The van der Waals surface area contributed by atoms with Gasteiger partial charge in [-0.2, -0.15) is 13.2 Å². The highest BCUT2D eigenvalue weighted by Crippen LogP contribution is 2.64. The summed E-state index contributed by atoms with van der Waals surface area (Å²) in [7, 11) is 1.63. The summed E-state index contributed by atoms with van der Waals surface area (Å²) in [5.41, 5.74) is 0.358. The van der Waals surface area contributed by atoms with Crippen LogP contribution >= 0.6 is 23.1 Å². The molecule has 2 aromatic carbocycles. The standard InChI is InChI=1S/C27H25F3N2O3S2/c1-35-19-9-7-14(8-10-19)21-22-15-5-6-16(11-15)23(22)36-25-24(21)37-26(34)32(25)13-20(33)31-18-4-2-3-17(12-18)27(28,29)30/h2-4,7-10,12,15-16,21-23H,5-6,11,13H2,1H3,(H,31,33)/t15?,16?,21-,22?,23?/m1/s1. The van der Waals surface area contributed by atoms with Crippen LogP contribution in [0.4, 0.5) is 18.9 Å². The number of thiazole rings is 1. The van der Waals surface area contributed by atoms with Crippen LogP contribution in [0.2, 0.25) is 0 Å². The van der Waals surface area contributed by atoms with Gasteiger partial charge in [-0.05, 0) is 72.9 Å². The van der Waals surface area contributed by atoms with Crippen molar-refractivity contribution >= 4 is 34.7 Å². The third-order valence-corrected chi connectivity index (χ3v) is 10.8. The molecule has 3 aliphatic rings. The van der Waals surface area contributed by atoms with Crippen LogP contribution in [-0.4, -0.2) is 22.8 Å². The van der Waals surface area contributed by atoms with Crippen molar-refractivity contribution in [3.05, 3.63) is 74.2 Å². The number of hydrogen-bond acceptors (Lipinski definition) is 5. The third kappa shape index (κ3) is 4.37. The van der Waals surface area contributed by atoms with Crippen LogP contribution in [0.1, 0.15) is 41.2 Å². The van der Waals surface area contributed by atoms with Gasteiger partial charge in [-0.3, -0.25) is 14.2 Å². The minimum atomic E-state index is -4.51. The number of carbonyl (C=O) groups is 1. The molecule has 2 bridgehead atoms. The van der Waals surface area contributed by atoms with Crippen LogP contribution in [0.25, 0.3) is 0 Å². The number of methoxy groups -OCH3 is 1. The number of nitrogens with one attached hydrogen (secondary N) is 1. The Bertz CT molecular complexity index is 1400. The Hall–Kier alpha value is -2.72. The summed E-state index contributed by atoms with van der Waals surface area (Å²) in [5.74, 6) is 1.98. The first-order valence-electron chi connectivity index (χ1n) is 12.2. The lowest BCUT2D eigenvalue weighted by atomic mass is 9.75. The van der Waals surface area contributed by atoms with Crippen LogP contribution in [0.15, 0.2) is 58.4 Å². The monoisotopic (exact) mass is 546 g/mol. The molecule has 2 aliphatic carbocycles. The van der Waals surface area contributed by atoms with Gasteiger partial charge >= 0.3 is 11.0 Å². The Kier molecular flexibility index (Phi) is 6.14. The molecule has 3 aromatic rings. The molecule has 1 aliphatic heterocycles. The van der Waals surface area contributed by atoms with Crippen molar-refractivity contribution in [2.75, 3.05) is 12.4 Å². The van der Waals surface area contributed by atoms with E-state index in [0.717, 1.165) is 33.3 Å². The minimum absolute atomic E-state index is 0.0499. The van der Waals surface area contributed by atoms with E-state index in [1.807, 2.05) is 12.1 Å². The summed E-state index contributed by atoms with van der Waals surface area (Å²) in [5, 5.41) is 3.74. The first-order valence-corrected chi connectivity index (χ1v) is 13.9. The van der Waals surface area contributed by atoms with Crippen molar-refractivity contribution in [2.45, 2.75) is 48.2 Å². The molecule has 2 saturated carbocycles. The zero-order valence-corrected chi connectivity index (χ0v) is 21.6. The number of hydrogen-bond donors (Lipinski definition) is 1. The molecule has 1 aromatic heterocycles. The summed E-state index contributed by atoms with van der Waals surface area (Å²) in [4.78, 5) is 26.8. The number of aromatic nitrogens is 1.